The summed E-state index contributed by atoms with van der Waals surface area (Å²) in [6.07, 6.45) is 14.8. The highest BCUT2D eigenvalue weighted by Gasteiger charge is 2.43. The van der Waals surface area contributed by atoms with Crippen molar-refractivity contribution in [2.45, 2.75) is 44.6 Å². The van der Waals surface area contributed by atoms with Gasteiger partial charge in [0.15, 0.2) is 5.82 Å². The Kier molecular flexibility index (Phi) is 5.65. The van der Waals surface area contributed by atoms with Gasteiger partial charge in [0.05, 0.1) is 11.7 Å². The zero-order valence-corrected chi connectivity index (χ0v) is 19.8. The Morgan fingerprint density at radius 2 is 1.71 bits per heavy atom. The van der Waals surface area contributed by atoms with Gasteiger partial charge in [-0.25, -0.2) is 9.97 Å². The number of aromatic nitrogens is 4. The van der Waals surface area contributed by atoms with Crippen molar-refractivity contribution in [1.82, 2.24) is 30.2 Å². The molecule has 7 heteroatoms. The Morgan fingerprint density at radius 3 is 2.50 bits per heavy atom. The molecule has 34 heavy (non-hydrogen) atoms. The number of rotatable bonds is 4. The number of anilines is 1. The lowest BCUT2D eigenvalue weighted by atomic mass is 9.76. The van der Waals surface area contributed by atoms with Crippen molar-refractivity contribution >= 4 is 16.7 Å². The Bertz CT molecular complexity index is 1160. The molecule has 3 aliphatic rings. The molecule has 1 spiro atoms. The SMILES string of the molecule is C=C(C1CC2(CCN(c3nc(-c4ccncc4)nc4cnccc34)CC2)CN1)N1CCCCC1. The zero-order chi connectivity index (χ0) is 23.0. The number of nitrogens with one attached hydrogen (secondary N) is 1. The van der Waals surface area contributed by atoms with E-state index in [4.69, 9.17) is 9.97 Å². The van der Waals surface area contributed by atoms with Gasteiger partial charge in [-0.2, -0.15) is 0 Å². The number of nitrogens with zero attached hydrogens (tertiary/aromatic N) is 6. The predicted molar refractivity (Wildman–Crippen MR) is 135 cm³/mol. The van der Waals surface area contributed by atoms with Crippen molar-refractivity contribution in [1.29, 1.82) is 0 Å². The largest absolute Gasteiger partial charge is 0.374 e. The second-order valence-corrected chi connectivity index (χ2v) is 10.2. The van der Waals surface area contributed by atoms with Crippen molar-refractivity contribution in [2.75, 3.05) is 37.6 Å². The minimum absolute atomic E-state index is 0.359. The second-order valence-electron chi connectivity index (χ2n) is 10.2. The quantitative estimate of drug-likeness (QED) is 0.637. The fraction of sp³-hybridized carbons (Fsp3) is 0.481. The standard InChI is InChI=1S/C27H33N7/c1-20(33-13-3-2-4-14-33)23-17-27(19-30-23)8-15-34(16-9-27)26-22-7-12-29-18-24(22)31-25(32-26)21-5-10-28-11-6-21/h5-7,10-12,18,23,30H,1-4,8-9,13-17,19H2. The van der Waals surface area contributed by atoms with E-state index in [9.17, 15) is 0 Å². The molecule has 3 fully saturated rings. The lowest BCUT2D eigenvalue weighted by Gasteiger charge is -2.40. The molecule has 176 valence electrons. The molecule has 0 bridgehead atoms. The fourth-order valence-electron chi connectivity index (χ4n) is 5.96. The van der Waals surface area contributed by atoms with E-state index >= 15 is 0 Å². The molecule has 1 atom stereocenters. The highest BCUT2D eigenvalue weighted by Crippen LogP contribution is 2.42. The number of fused-ring (bicyclic) bond motifs is 1. The molecule has 7 nitrogen and oxygen atoms in total. The van der Waals surface area contributed by atoms with Gasteiger partial charge in [0.2, 0.25) is 0 Å². The maximum absolute atomic E-state index is 5.04. The monoisotopic (exact) mass is 455 g/mol. The number of pyridine rings is 2. The lowest BCUT2D eigenvalue weighted by molar-refractivity contribution is 0.232. The fourth-order valence-corrected chi connectivity index (χ4v) is 5.96. The summed E-state index contributed by atoms with van der Waals surface area (Å²) < 4.78 is 0. The van der Waals surface area contributed by atoms with E-state index < -0.39 is 0 Å². The normalized spacial score (nSPS) is 22.4. The summed E-state index contributed by atoms with van der Waals surface area (Å²) in [7, 11) is 0. The molecule has 3 aromatic rings. The molecule has 1 unspecified atom stereocenters. The molecule has 6 rings (SSSR count). The van der Waals surface area contributed by atoms with Crippen molar-refractivity contribution in [3.8, 4) is 11.4 Å². The molecule has 0 saturated carbocycles. The van der Waals surface area contributed by atoms with Crippen LogP contribution in [0.15, 0.2) is 55.3 Å². The van der Waals surface area contributed by atoms with Crippen LogP contribution < -0.4 is 10.2 Å². The van der Waals surface area contributed by atoms with Crippen LogP contribution in [0.4, 0.5) is 5.82 Å². The van der Waals surface area contributed by atoms with Gasteiger partial charge in [-0.3, -0.25) is 9.97 Å². The van der Waals surface area contributed by atoms with Gasteiger partial charge < -0.3 is 15.1 Å². The van der Waals surface area contributed by atoms with Crippen LogP contribution in [0.3, 0.4) is 0 Å². The highest BCUT2D eigenvalue weighted by atomic mass is 15.2. The van der Waals surface area contributed by atoms with E-state index in [1.54, 1.807) is 12.4 Å². The molecular formula is C27H33N7. The Labute approximate surface area is 201 Å². The molecular weight excluding hydrogens is 422 g/mol. The van der Waals surface area contributed by atoms with E-state index in [0.29, 0.717) is 11.5 Å². The Balaban J connectivity index is 1.20. The minimum atomic E-state index is 0.359. The van der Waals surface area contributed by atoms with E-state index in [1.165, 1.54) is 57.3 Å². The van der Waals surface area contributed by atoms with Crippen LogP contribution in [-0.2, 0) is 0 Å². The van der Waals surface area contributed by atoms with Crippen LogP contribution in [0, 0.1) is 5.41 Å². The van der Waals surface area contributed by atoms with E-state index in [0.717, 1.165) is 47.7 Å². The Morgan fingerprint density at radius 1 is 0.941 bits per heavy atom. The van der Waals surface area contributed by atoms with Gasteiger partial charge in [0.1, 0.15) is 5.82 Å². The van der Waals surface area contributed by atoms with Crippen molar-refractivity contribution in [3.05, 3.63) is 55.3 Å². The molecule has 0 amide bonds. The van der Waals surface area contributed by atoms with Gasteiger partial charge >= 0.3 is 0 Å². The van der Waals surface area contributed by atoms with Crippen LogP contribution in [0.2, 0.25) is 0 Å². The first-order valence-electron chi connectivity index (χ1n) is 12.7. The van der Waals surface area contributed by atoms with Crippen molar-refractivity contribution in [3.63, 3.8) is 0 Å². The average molecular weight is 456 g/mol. The summed E-state index contributed by atoms with van der Waals surface area (Å²) in [5, 5.41) is 4.90. The number of hydrogen-bond acceptors (Lipinski definition) is 7. The predicted octanol–water partition coefficient (Wildman–Crippen LogP) is 4.03. The van der Waals surface area contributed by atoms with E-state index in [1.807, 2.05) is 30.6 Å². The molecule has 0 aromatic carbocycles. The average Bonchev–Trinajstić information content (AvgIpc) is 3.32. The third-order valence-electron chi connectivity index (χ3n) is 8.07. The van der Waals surface area contributed by atoms with Crippen LogP contribution in [0.25, 0.3) is 22.3 Å². The molecule has 3 aliphatic heterocycles. The van der Waals surface area contributed by atoms with Crippen molar-refractivity contribution in [2.24, 2.45) is 5.41 Å². The summed E-state index contributed by atoms with van der Waals surface area (Å²) in [5.74, 6) is 1.76. The van der Waals surface area contributed by atoms with Crippen LogP contribution in [0.1, 0.15) is 38.5 Å². The summed E-state index contributed by atoms with van der Waals surface area (Å²) in [5.41, 5.74) is 3.54. The first-order chi connectivity index (χ1) is 16.7. The van der Waals surface area contributed by atoms with Gasteiger partial charge in [0, 0.05) is 74.0 Å². The molecule has 0 radical (unpaired) electrons. The minimum Gasteiger partial charge on any atom is -0.374 e. The zero-order valence-electron chi connectivity index (χ0n) is 19.8. The summed E-state index contributed by atoms with van der Waals surface area (Å²) >= 11 is 0. The summed E-state index contributed by atoms with van der Waals surface area (Å²) in [4.78, 5) is 23.3. The van der Waals surface area contributed by atoms with Gasteiger partial charge in [0.25, 0.3) is 0 Å². The highest BCUT2D eigenvalue weighted by molar-refractivity contribution is 5.90. The topological polar surface area (TPSA) is 70.1 Å². The summed E-state index contributed by atoms with van der Waals surface area (Å²) in [6, 6.07) is 6.40. The molecule has 3 saturated heterocycles. The van der Waals surface area contributed by atoms with Crippen LogP contribution >= 0.6 is 0 Å². The van der Waals surface area contributed by atoms with Gasteiger partial charge in [-0.15, -0.1) is 0 Å². The first-order valence-corrected chi connectivity index (χ1v) is 12.7. The lowest BCUT2D eigenvalue weighted by Crippen LogP contribution is -2.41. The third kappa shape index (κ3) is 4.02. The molecule has 1 N–H and O–H groups in total. The number of piperidine rings is 2. The summed E-state index contributed by atoms with van der Waals surface area (Å²) in [6.45, 7) is 9.96. The molecule has 0 aliphatic carbocycles. The van der Waals surface area contributed by atoms with Crippen LogP contribution in [-0.4, -0.2) is 63.6 Å². The Hall–Kier alpha value is -3.06. The van der Waals surface area contributed by atoms with Gasteiger partial charge in [-0.1, -0.05) is 6.58 Å². The first kappa shape index (κ1) is 21.5. The number of hydrogen-bond donors (Lipinski definition) is 1. The maximum atomic E-state index is 5.04. The second kappa shape index (κ2) is 8.95. The third-order valence-corrected chi connectivity index (χ3v) is 8.07. The van der Waals surface area contributed by atoms with E-state index in [2.05, 4.69) is 31.7 Å². The van der Waals surface area contributed by atoms with Crippen molar-refractivity contribution < 1.29 is 0 Å². The molecule has 6 heterocycles. The maximum Gasteiger partial charge on any atom is 0.162 e. The van der Waals surface area contributed by atoms with E-state index in [-0.39, 0.29) is 0 Å². The number of likely N-dealkylation sites (tertiary alicyclic amines) is 1. The smallest absolute Gasteiger partial charge is 0.162 e. The molecule has 3 aromatic heterocycles. The van der Waals surface area contributed by atoms with Crippen LogP contribution in [0.5, 0.6) is 0 Å². The van der Waals surface area contributed by atoms with Gasteiger partial charge in [-0.05, 0) is 62.1 Å².